The Labute approximate surface area is 142 Å². The third kappa shape index (κ3) is 2.88. The van der Waals surface area contributed by atoms with Crippen LogP contribution in [0.5, 0.6) is 0 Å². The Bertz CT molecular complexity index is 751. The van der Waals surface area contributed by atoms with Gasteiger partial charge in [0.05, 0.1) is 12.4 Å². The lowest BCUT2D eigenvalue weighted by Crippen LogP contribution is -2.29. The average molecular weight is 359 g/mol. The summed E-state index contributed by atoms with van der Waals surface area (Å²) in [6.07, 6.45) is 1.34. The number of hydrogen-bond donors (Lipinski definition) is 0. The summed E-state index contributed by atoms with van der Waals surface area (Å²) in [5.74, 6) is -0.318. The number of carbonyl (C=O) groups is 1. The van der Waals surface area contributed by atoms with E-state index in [4.69, 9.17) is 32.7 Å². The largest absolute Gasteiger partial charge is 0.457 e. The third-order valence-electron chi connectivity index (χ3n) is 4.03. The monoisotopic (exact) mass is 358 g/mol. The maximum Gasteiger partial charge on any atom is 0.303 e. The Morgan fingerprint density at radius 1 is 1.43 bits per heavy atom. The molecule has 0 saturated carbocycles. The van der Waals surface area contributed by atoms with Crippen molar-refractivity contribution in [3.8, 4) is 0 Å². The van der Waals surface area contributed by atoms with Crippen LogP contribution in [-0.2, 0) is 14.3 Å². The summed E-state index contributed by atoms with van der Waals surface area (Å²) in [4.78, 5) is 23.7. The average Bonchev–Trinajstić information content (AvgIpc) is 3.01. The van der Waals surface area contributed by atoms with Crippen molar-refractivity contribution in [2.75, 3.05) is 0 Å². The van der Waals surface area contributed by atoms with Crippen molar-refractivity contribution < 1.29 is 14.3 Å². The number of nitrogens with zero attached hydrogens (tertiary/aromatic N) is 4. The fourth-order valence-corrected chi connectivity index (χ4v) is 3.37. The van der Waals surface area contributed by atoms with Crippen LogP contribution < -0.4 is 0 Å². The summed E-state index contributed by atoms with van der Waals surface area (Å²) in [7, 11) is 0. The quantitative estimate of drug-likeness (QED) is 0.476. The number of carbonyl (C=O) groups excluding carboxylic acids is 1. The molecule has 0 aliphatic carbocycles. The highest BCUT2D eigenvalue weighted by atomic mass is 35.5. The molecular weight excluding hydrogens is 343 g/mol. The van der Waals surface area contributed by atoms with Gasteiger partial charge in [-0.2, -0.15) is 4.98 Å². The molecule has 0 amide bonds. The van der Waals surface area contributed by atoms with Crippen LogP contribution in [0.2, 0.25) is 10.4 Å². The summed E-state index contributed by atoms with van der Waals surface area (Å²) in [5, 5.41) is 0.187. The molecule has 1 aliphatic heterocycles. The van der Waals surface area contributed by atoms with E-state index in [9.17, 15) is 4.79 Å². The zero-order valence-corrected chi connectivity index (χ0v) is 14.4. The van der Waals surface area contributed by atoms with Gasteiger partial charge in [-0.1, -0.05) is 25.4 Å². The van der Waals surface area contributed by atoms with Gasteiger partial charge < -0.3 is 9.47 Å². The number of imidazole rings is 1. The van der Waals surface area contributed by atoms with Crippen molar-refractivity contribution in [1.29, 1.82) is 0 Å². The molecule has 23 heavy (non-hydrogen) atoms. The molecule has 2 aromatic rings. The number of fused-ring (bicyclic) bond motifs is 1. The minimum atomic E-state index is -0.536. The number of rotatable bonds is 3. The molecule has 0 bridgehead atoms. The van der Waals surface area contributed by atoms with E-state index >= 15 is 0 Å². The highest BCUT2D eigenvalue weighted by Crippen LogP contribution is 2.39. The molecule has 0 aromatic carbocycles. The zero-order valence-electron chi connectivity index (χ0n) is 12.9. The lowest BCUT2D eigenvalue weighted by Gasteiger charge is -2.21. The van der Waals surface area contributed by atoms with Crippen molar-refractivity contribution >= 4 is 40.3 Å². The van der Waals surface area contributed by atoms with Crippen LogP contribution in [0.1, 0.15) is 33.4 Å². The van der Waals surface area contributed by atoms with E-state index in [1.807, 2.05) is 13.8 Å². The van der Waals surface area contributed by atoms with Crippen LogP contribution in [-0.4, -0.2) is 37.7 Å². The molecule has 4 atom stereocenters. The number of esters is 1. The van der Waals surface area contributed by atoms with E-state index in [0.29, 0.717) is 11.2 Å². The Morgan fingerprint density at radius 3 is 2.83 bits per heavy atom. The molecule has 1 saturated heterocycles. The Hall–Kier alpha value is -1.44. The first-order chi connectivity index (χ1) is 10.9. The first-order valence-electron chi connectivity index (χ1n) is 7.30. The van der Waals surface area contributed by atoms with Crippen LogP contribution in [0.15, 0.2) is 6.33 Å². The maximum atomic E-state index is 11.5. The smallest absolute Gasteiger partial charge is 0.303 e. The summed E-state index contributed by atoms with van der Waals surface area (Å²) in [6, 6.07) is 0. The van der Waals surface area contributed by atoms with Crippen LogP contribution in [0.3, 0.4) is 0 Å². The molecule has 3 rings (SSSR count). The van der Waals surface area contributed by atoms with Gasteiger partial charge in [-0.05, 0) is 18.0 Å². The van der Waals surface area contributed by atoms with Gasteiger partial charge in [-0.15, -0.1) is 0 Å². The van der Waals surface area contributed by atoms with Gasteiger partial charge in [0.1, 0.15) is 5.52 Å². The van der Waals surface area contributed by atoms with E-state index in [1.54, 1.807) is 10.9 Å². The molecule has 9 heteroatoms. The molecule has 0 spiro atoms. The number of halogens is 2. The lowest BCUT2D eigenvalue weighted by atomic mass is 9.98. The molecule has 1 unspecified atom stereocenters. The predicted octanol–water partition coefficient (Wildman–Crippen LogP) is 3.01. The van der Waals surface area contributed by atoms with Gasteiger partial charge in [-0.25, -0.2) is 9.97 Å². The molecular formula is C14H16Cl2N4O3. The van der Waals surface area contributed by atoms with Gasteiger partial charge in [0.2, 0.25) is 5.28 Å². The summed E-state index contributed by atoms with van der Waals surface area (Å²) in [5.41, 5.74) is 0.870. The van der Waals surface area contributed by atoms with Crippen LogP contribution in [0.4, 0.5) is 0 Å². The van der Waals surface area contributed by atoms with Gasteiger partial charge in [0.15, 0.2) is 23.1 Å². The topological polar surface area (TPSA) is 79.1 Å². The highest BCUT2D eigenvalue weighted by Gasteiger charge is 2.45. The molecule has 1 aliphatic rings. The minimum Gasteiger partial charge on any atom is -0.457 e. The standard InChI is InChI=1S/C14H16Cl2N4O3/c1-4-8-6(2)10(22-7(3)21)13(23-8)20-5-17-9-11(15)18-14(16)19-12(9)20/h5-6,8,10,13H,4H2,1-3H3/t6-,8-,10?,13-/m1/s1. The molecule has 0 N–H and O–H groups in total. The molecule has 3 heterocycles. The lowest BCUT2D eigenvalue weighted by molar-refractivity contribution is -0.153. The van der Waals surface area contributed by atoms with Crippen molar-refractivity contribution in [3.63, 3.8) is 0 Å². The summed E-state index contributed by atoms with van der Waals surface area (Å²) in [6.45, 7) is 5.40. The van der Waals surface area contributed by atoms with E-state index in [0.717, 1.165) is 6.42 Å². The summed E-state index contributed by atoms with van der Waals surface area (Å²) >= 11 is 11.9. The Balaban J connectivity index is 2.06. The van der Waals surface area contributed by atoms with E-state index < -0.39 is 12.3 Å². The molecule has 1 fully saturated rings. The Kier molecular flexibility index (Phi) is 4.44. The van der Waals surface area contributed by atoms with Crippen LogP contribution >= 0.6 is 23.2 Å². The van der Waals surface area contributed by atoms with Gasteiger partial charge in [0, 0.05) is 12.8 Å². The molecule has 124 valence electrons. The van der Waals surface area contributed by atoms with Crippen molar-refractivity contribution in [1.82, 2.24) is 19.5 Å². The predicted molar refractivity (Wildman–Crippen MR) is 84.3 cm³/mol. The second-order valence-electron chi connectivity index (χ2n) is 5.51. The number of hydrogen-bond acceptors (Lipinski definition) is 6. The third-order valence-corrected chi connectivity index (χ3v) is 4.46. The minimum absolute atomic E-state index is 0.0198. The SMILES string of the molecule is CC[C@H]1O[C@@H](n2cnc3c(Cl)nc(Cl)nc32)C(OC(C)=O)[C@@H]1C. The van der Waals surface area contributed by atoms with Gasteiger partial charge in [0.25, 0.3) is 0 Å². The first-order valence-corrected chi connectivity index (χ1v) is 8.06. The van der Waals surface area contributed by atoms with E-state index in [2.05, 4.69) is 15.0 Å². The van der Waals surface area contributed by atoms with Crippen molar-refractivity contribution in [2.24, 2.45) is 5.92 Å². The molecule has 0 radical (unpaired) electrons. The first kappa shape index (κ1) is 16.4. The van der Waals surface area contributed by atoms with Gasteiger partial charge in [-0.3, -0.25) is 9.36 Å². The van der Waals surface area contributed by atoms with Crippen molar-refractivity contribution in [2.45, 2.75) is 45.6 Å². The molecule has 2 aromatic heterocycles. The second-order valence-corrected chi connectivity index (χ2v) is 6.21. The normalized spacial score (nSPS) is 27.5. The molecule has 7 nitrogen and oxygen atoms in total. The number of aromatic nitrogens is 4. The van der Waals surface area contributed by atoms with Crippen molar-refractivity contribution in [3.05, 3.63) is 16.8 Å². The maximum absolute atomic E-state index is 11.5. The summed E-state index contributed by atoms with van der Waals surface area (Å²) < 4.78 is 13.2. The second kappa shape index (κ2) is 6.22. The van der Waals surface area contributed by atoms with E-state index in [1.165, 1.54) is 6.92 Å². The fourth-order valence-electron chi connectivity index (χ4n) is 2.94. The van der Waals surface area contributed by atoms with Crippen LogP contribution in [0, 0.1) is 5.92 Å². The number of ether oxygens (including phenoxy) is 2. The van der Waals surface area contributed by atoms with Crippen LogP contribution in [0.25, 0.3) is 11.2 Å². The fraction of sp³-hybridized carbons (Fsp3) is 0.571. The van der Waals surface area contributed by atoms with E-state index in [-0.39, 0.29) is 28.4 Å². The van der Waals surface area contributed by atoms with Gasteiger partial charge >= 0.3 is 5.97 Å². The zero-order chi connectivity index (χ0) is 16.7. The highest BCUT2D eigenvalue weighted by molar-refractivity contribution is 6.35. The Morgan fingerprint density at radius 2 is 2.17 bits per heavy atom.